The number of nitrogens with one attached hydrogen (secondary N) is 2. The van der Waals surface area contributed by atoms with Crippen LogP contribution in [-0.4, -0.2) is 49.5 Å². The van der Waals surface area contributed by atoms with Crippen molar-refractivity contribution in [2.24, 2.45) is 10.4 Å². The van der Waals surface area contributed by atoms with Gasteiger partial charge in [0.2, 0.25) is 5.91 Å². The molecule has 4 rings (SSSR count). The Bertz CT molecular complexity index is 752. The van der Waals surface area contributed by atoms with Gasteiger partial charge >= 0.3 is 0 Å². The predicted molar refractivity (Wildman–Crippen MR) is 120 cm³/mol. The highest BCUT2D eigenvalue weighted by molar-refractivity contribution is 14.0. The van der Waals surface area contributed by atoms with E-state index in [0.29, 0.717) is 13.0 Å². The molecule has 1 unspecified atom stereocenters. The highest BCUT2D eigenvalue weighted by atomic mass is 127. The molecular weight excluding hydrogens is 470 g/mol. The lowest BCUT2D eigenvalue weighted by molar-refractivity contribution is -0.119. The molecule has 28 heavy (non-hydrogen) atoms. The quantitative estimate of drug-likeness (QED) is 0.380. The van der Waals surface area contributed by atoms with E-state index < -0.39 is 0 Å². The van der Waals surface area contributed by atoms with Gasteiger partial charge in [-0.15, -0.1) is 24.0 Å². The van der Waals surface area contributed by atoms with Gasteiger partial charge in [-0.2, -0.15) is 0 Å². The molecule has 1 aliphatic carbocycles. The minimum Gasteiger partial charge on any atom is -0.357 e. The van der Waals surface area contributed by atoms with Crippen molar-refractivity contribution in [3.05, 3.63) is 35.6 Å². The molecule has 1 spiro atoms. The summed E-state index contributed by atoms with van der Waals surface area (Å²) in [6.45, 7) is 6.18. The number of hydrogen-bond donors (Lipinski definition) is 2. The first-order chi connectivity index (χ1) is 13.0. The molecule has 2 saturated heterocycles. The Balaban J connectivity index is 0.00000225. The second-order valence-corrected chi connectivity index (χ2v) is 8.44. The van der Waals surface area contributed by atoms with E-state index in [9.17, 15) is 9.18 Å². The van der Waals surface area contributed by atoms with E-state index in [-0.39, 0.29) is 46.5 Å². The Hall–Kier alpha value is -1.38. The third kappa shape index (κ3) is 4.44. The monoisotopic (exact) mass is 500 g/mol. The minimum absolute atomic E-state index is 0. The number of rotatable bonds is 4. The van der Waals surface area contributed by atoms with Crippen LogP contribution in [0.5, 0.6) is 0 Å². The van der Waals surface area contributed by atoms with Crippen LogP contribution in [0, 0.1) is 11.2 Å². The number of carbonyl (C=O) groups excluding carboxylic acids is 1. The summed E-state index contributed by atoms with van der Waals surface area (Å²) >= 11 is 0. The summed E-state index contributed by atoms with van der Waals surface area (Å²) in [7, 11) is 0. The fraction of sp³-hybridized carbons (Fsp3) is 0.619. The average Bonchev–Trinajstić information content (AvgIpc) is 3.37. The Labute approximate surface area is 183 Å². The number of nitrogens with zero attached hydrogens (tertiary/aromatic N) is 2. The van der Waals surface area contributed by atoms with Gasteiger partial charge < -0.3 is 15.5 Å². The first-order valence-corrected chi connectivity index (χ1v) is 10.1. The molecule has 3 aliphatic rings. The maximum absolute atomic E-state index is 13.6. The third-order valence-corrected chi connectivity index (χ3v) is 6.31. The van der Waals surface area contributed by atoms with E-state index in [2.05, 4.69) is 22.5 Å². The molecule has 0 bridgehead atoms. The van der Waals surface area contributed by atoms with Gasteiger partial charge in [0.1, 0.15) is 5.82 Å². The fourth-order valence-electron chi connectivity index (χ4n) is 4.59. The molecule has 0 aromatic heterocycles. The van der Waals surface area contributed by atoms with Crippen LogP contribution in [0.1, 0.15) is 44.6 Å². The lowest BCUT2D eigenvalue weighted by atomic mass is 9.79. The molecule has 1 aromatic rings. The summed E-state index contributed by atoms with van der Waals surface area (Å²) in [6, 6.07) is 6.96. The lowest BCUT2D eigenvalue weighted by Crippen LogP contribution is -2.51. The summed E-state index contributed by atoms with van der Waals surface area (Å²) in [5.74, 6) is 0.923. The van der Waals surface area contributed by atoms with Gasteiger partial charge in [-0.1, -0.05) is 12.1 Å². The van der Waals surface area contributed by atoms with Crippen molar-refractivity contribution in [3.63, 3.8) is 0 Å². The van der Waals surface area contributed by atoms with Gasteiger partial charge in [0, 0.05) is 43.4 Å². The Kier molecular flexibility index (Phi) is 6.51. The van der Waals surface area contributed by atoms with Crippen LogP contribution < -0.4 is 10.6 Å². The summed E-state index contributed by atoms with van der Waals surface area (Å²) in [5.41, 5.74) is 1.09. The van der Waals surface area contributed by atoms with E-state index in [4.69, 9.17) is 4.99 Å². The highest BCUT2D eigenvalue weighted by Crippen LogP contribution is 2.48. The van der Waals surface area contributed by atoms with Gasteiger partial charge in [0.15, 0.2) is 5.96 Å². The van der Waals surface area contributed by atoms with Crippen LogP contribution in [0.2, 0.25) is 0 Å². The zero-order valence-corrected chi connectivity index (χ0v) is 18.8. The average molecular weight is 500 g/mol. The van der Waals surface area contributed by atoms with Crippen LogP contribution in [-0.2, 0) is 10.2 Å². The molecule has 1 atom stereocenters. The molecule has 1 amide bonds. The largest absolute Gasteiger partial charge is 0.357 e. The number of aliphatic imine (C=N–C) groups is 1. The Morgan fingerprint density at radius 3 is 2.82 bits per heavy atom. The number of likely N-dealkylation sites (tertiary alicyclic amines) is 1. The van der Waals surface area contributed by atoms with Crippen molar-refractivity contribution < 1.29 is 9.18 Å². The number of guanidine groups is 1. The molecule has 2 aliphatic heterocycles. The SMILES string of the molecule is CCNC(=NCC1(c2cccc(F)c2)CC1)N1CCCC2(CNC(=O)C2)C1.I. The molecule has 2 N–H and O–H groups in total. The molecule has 1 saturated carbocycles. The Morgan fingerprint density at radius 1 is 1.36 bits per heavy atom. The summed E-state index contributed by atoms with van der Waals surface area (Å²) in [4.78, 5) is 19.0. The van der Waals surface area contributed by atoms with Gasteiger partial charge in [-0.3, -0.25) is 9.79 Å². The minimum atomic E-state index is -0.175. The zero-order valence-electron chi connectivity index (χ0n) is 16.5. The van der Waals surface area contributed by atoms with Crippen molar-refractivity contribution in [3.8, 4) is 0 Å². The second kappa shape index (κ2) is 8.55. The second-order valence-electron chi connectivity index (χ2n) is 8.44. The number of amides is 1. The summed E-state index contributed by atoms with van der Waals surface area (Å²) in [6.07, 6.45) is 4.91. The van der Waals surface area contributed by atoms with Gasteiger partial charge in [-0.05, 0) is 50.3 Å². The van der Waals surface area contributed by atoms with Gasteiger partial charge in [0.05, 0.1) is 6.54 Å². The smallest absolute Gasteiger partial charge is 0.220 e. The molecule has 1 aromatic carbocycles. The third-order valence-electron chi connectivity index (χ3n) is 6.31. The molecule has 7 heteroatoms. The number of hydrogen-bond acceptors (Lipinski definition) is 2. The molecule has 2 heterocycles. The van der Waals surface area contributed by atoms with E-state index >= 15 is 0 Å². The van der Waals surface area contributed by atoms with Crippen molar-refractivity contribution >= 4 is 35.8 Å². The standard InChI is InChI=1S/C21H29FN4O.HI/c1-2-23-19(26-10-4-7-20(15-26)12-18(27)24-13-20)25-14-21(8-9-21)16-5-3-6-17(22)11-16;/h3,5-6,11H,2,4,7-10,12-15H2,1H3,(H,23,25)(H,24,27);1H. The number of halogens is 2. The van der Waals surface area contributed by atoms with E-state index in [1.54, 1.807) is 12.1 Å². The van der Waals surface area contributed by atoms with Crippen molar-refractivity contribution in [1.82, 2.24) is 15.5 Å². The van der Waals surface area contributed by atoms with Crippen LogP contribution >= 0.6 is 24.0 Å². The molecular formula is C21H30FIN4O. The topological polar surface area (TPSA) is 56.7 Å². The van der Waals surface area contributed by atoms with Crippen LogP contribution in [0.25, 0.3) is 0 Å². The van der Waals surface area contributed by atoms with Crippen LogP contribution in [0.4, 0.5) is 4.39 Å². The summed E-state index contributed by atoms with van der Waals surface area (Å²) in [5, 5.41) is 6.43. The number of benzene rings is 1. The van der Waals surface area contributed by atoms with E-state index in [1.807, 2.05) is 6.07 Å². The van der Waals surface area contributed by atoms with E-state index in [1.165, 1.54) is 6.07 Å². The predicted octanol–water partition coefficient (Wildman–Crippen LogP) is 3.04. The molecule has 3 fully saturated rings. The maximum atomic E-state index is 13.6. The van der Waals surface area contributed by atoms with E-state index in [0.717, 1.165) is 63.4 Å². The number of piperidine rings is 1. The molecule has 0 radical (unpaired) electrons. The zero-order chi connectivity index (χ0) is 18.9. The summed E-state index contributed by atoms with van der Waals surface area (Å²) < 4.78 is 13.6. The van der Waals surface area contributed by atoms with Crippen LogP contribution in [0.3, 0.4) is 0 Å². The van der Waals surface area contributed by atoms with Gasteiger partial charge in [-0.25, -0.2) is 4.39 Å². The van der Waals surface area contributed by atoms with Crippen LogP contribution in [0.15, 0.2) is 29.3 Å². The molecule has 5 nitrogen and oxygen atoms in total. The van der Waals surface area contributed by atoms with Crippen molar-refractivity contribution in [2.45, 2.75) is 44.4 Å². The first kappa shape index (κ1) is 21.3. The molecule has 154 valence electrons. The Morgan fingerprint density at radius 2 is 2.18 bits per heavy atom. The van der Waals surface area contributed by atoms with Crippen molar-refractivity contribution in [1.29, 1.82) is 0 Å². The normalized spacial score (nSPS) is 26.0. The van der Waals surface area contributed by atoms with Crippen molar-refractivity contribution in [2.75, 3.05) is 32.7 Å². The first-order valence-electron chi connectivity index (χ1n) is 10.1. The lowest BCUT2D eigenvalue weighted by Gasteiger charge is -2.41. The highest BCUT2D eigenvalue weighted by Gasteiger charge is 2.45. The maximum Gasteiger partial charge on any atom is 0.220 e. The fourth-order valence-corrected chi connectivity index (χ4v) is 4.59. The van der Waals surface area contributed by atoms with Gasteiger partial charge in [0.25, 0.3) is 0 Å². The number of carbonyl (C=O) groups is 1.